The number of hydrogen-bond acceptors (Lipinski definition) is 4. The number of aromatic nitrogens is 6. The molecule has 4 aromatic rings. The third kappa shape index (κ3) is 4.35. The van der Waals surface area contributed by atoms with Gasteiger partial charge in [0.2, 0.25) is 0 Å². The van der Waals surface area contributed by atoms with Crippen LogP contribution in [0.25, 0.3) is 0 Å². The normalized spacial score (nSPS) is 11.1. The van der Waals surface area contributed by atoms with Gasteiger partial charge in [-0.3, -0.25) is 14.2 Å². The van der Waals surface area contributed by atoms with Gasteiger partial charge >= 0.3 is 0 Å². The Morgan fingerprint density at radius 2 is 1.97 bits per heavy atom. The molecule has 1 aromatic carbocycles. The number of nitrogens with zero attached hydrogens (tertiary/aromatic N) is 6. The van der Waals surface area contributed by atoms with Gasteiger partial charge in [-0.05, 0) is 48.3 Å². The van der Waals surface area contributed by atoms with Crippen LogP contribution in [0, 0.1) is 20.8 Å². The van der Waals surface area contributed by atoms with E-state index in [2.05, 4.69) is 61.7 Å². The summed E-state index contributed by atoms with van der Waals surface area (Å²) in [5, 5.41) is 16.0. The van der Waals surface area contributed by atoms with Crippen molar-refractivity contribution in [2.45, 2.75) is 34.0 Å². The molecule has 0 atom stereocenters. The second-order valence-electron chi connectivity index (χ2n) is 7.24. The Hall–Kier alpha value is -3.20. The lowest BCUT2D eigenvalue weighted by atomic mass is 10.1. The minimum atomic E-state index is -0.279. The van der Waals surface area contributed by atoms with E-state index in [1.807, 2.05) is 30.8 Å². The van der Waals surface area contributed by atoms with Crippen LogP contribution in [0.2, 0.25) is 0 Å². The third-order valence-corrected chi connectivity index (χ3v) is 5.91. The van der Waals surface area contributed by atoms with Crippen LogP contribution in [0.4, 0.5) is 5.69 Å². The number of amides is 1. The Morgan fingerprint density at radius 3 is 2.70 bits per heavy atom. The zero-order valence-corrected chi connectivity index (χ0v) is 18.6. The number of carbonyl (C=O) groups is 1. The first kappa shape index (κ1) is 20.1. The fraction of sp³-hybridized carbons (Fsp3) is 0.238. The minimum absolute atomic E-state index is 0.279. The molecule has 3 heterocycles. The molecule has 0 radical (unpaired) electrons. The molecule has 30 heavy (non-hydrogen) atoms. The first-order chi connectivity index (χ1) is 14.4. The van der Waals surface area contributed by atoms with E-state index < -0.39 is 0 Å². The quantitative estimate of drug-likeness (QED) is 0.467. The topological polar surface area (TPSA) is 82.6 Å². The molecule has 4 rings (SSSR count). The van der Waals surface area contributed by atoms with E-state index in [-0.39, 0.29) is 5.91 Å². The number of benzene rings is 1. The maximum atomic E-state index is 12.6. The summed E-state index contributed by atoms with van der Waals surface area (Å²) < 4.78 is 6.30. The fourth-order valence-corrected chi connectivity index (χ4v) is 3.50. The summed E-state index contributed by atoms with van der Waals surface area (Å²) in [6.07, 6.45) is 5.21. The average molecular weight is 468 g/mol. The molecule has 9 heteroatoms. The SMILES string of the molecule is Cc1cccc(Cn2cc(NC(=O)c3ccn(Cn4nc(C)c(Br)c4C)n3)cn2)c1. The highest BCUT2D eigenvalue weighted by Gasteiger charge is 2.13. The number of anilines is 1. The molecular weight excluding hydrogens is 446 g/mol. The molecular formula is C21H22BrN7O. The Labute approximate surface area is 182 Å². The molecule has 0 aliphatic rings. The largest absolute Gasteiger partial charge is 0.318 e. The zero-order chi connectivity index (χ0) is 21.3. The molecule has 0 bridgehead atoms. The predicted molar refractivity (Wildman–Crippen MR) is 117 cm³/mol. The molecule has 154 valence electrons. The maximum absolute atomic E-state index is 12.6. The van der Waals surface area contributed by atoms with Crippen molar-refractivity contribution in [3.63, 3.8) is 0 Å². The molecule has 0 aliphatic heterocycles. The Kier molecular flexibility index (Phi) is 5.54. The van der Waals surface area contributed by atoms with Crippen LogP contribution in [-0.2, 0) is 13.2 Å². The van der Waals surface area contributed by atoms with Gasteiger partial charge in [-0.25, -0.2) is 4.68 Å². The van der Waals surface area contributed by atoms with Crippen LogP contribution < -0.4 is 5.32 Å². The molecule has 0 spiro atoms. The monoisotopic (exact) mass is 467 g/mol. The summed E-state index contributed by atoms with van der Waals surface area (Å²) in [7, 11) is 0. The van der Waals surface area contributed by atoms with Crippen molar-refractivity contribution in [1.29, 1.82) is 0 Å². The van der Waals surface area contributed by atoms with Crippen molar-refractivity contribution in [1.82, 2.24) is 29.3 Å². The van der Waals surface area contributed by atoms with Crippen molar-refractivity contribution in [3.05, 3.63) is 81.6 Å². The molecule has 1 N–H and O–H groups in total. The van der Waals surface area contributed by atoms with E-state index >= 15 is 0 Å². The molecule has 0 fully saturated rings. The highest BCUT2D eigenvalue weighted by atomic mass is 79.9. The fourth-order valence-electron chi connectivity index (χ4n) is 3.22. The van der Waals surface area contributed by atoms with Crippen LogP contribution in [0.15, 0.2) is 53.4 Å². The summed E-state index contributed by atoms with van der Waals surface area (Å²) in [6, 6.07) is 9.95. The Morgan fingerprint density at radius 1 is 1.13 bits per heavy atom. The van der Waals surface area contributed by atoms with Crippen molar-refractivity contribution in [2.75, 3.05) is 5.32 Å². The van der Waals surface area contributed by atoms with Gasteiger partial charge in [0.15, 0.2) is 5.69 Å². The van der Waals surface area contributed by atoms with Crippen LogP contribution in [0.3, 0.4) is 0 Å². The first-order valence-electron chi connectivity index (χ1n) is 9.51. The zero-order valence-electron chi connectivity index (χ0n) is 17.0. The summed E-state index contributed by atoms with van der Waals surface area (Å²) in [5.74, 6) is -0.279. The summed E-state index contributed by atoms with van der Waals surface area (Å²) in [4.78, 5) is 12.6. The number of carbonyl (C=O) groups excluding carboxylic acids is 1. The van der Waals surface area contributed by atoms with Crippen LogP contribution >= 0.6 is 15.9 Å². The van der Waals surface area contributed by atoms with Crippen molar-refractivity contribution in [3.8, 4) is 0 Å². The first-order valence-corrected chi connectivity index (χ1v) is 10.3. The number of nitrogens with one attached hydrogen (secondary N) is 1. The van der Waals surface area contributed by atoms with E-state index in [1.165, 1.54) is 5.56 Å². The average Bonchev–Trinajstić information content (AvgIpc) is 3.40. The van der Waals surface area contributed by atoms with E-state index in [0.29, 0.717) is 24.6 Å². The highest BCUT2D eigenvalue weighted by molar-refractivity contribution is 9.10. The van der Waals surface area contributed by atoms with E-state index in [1.54, 1.807) is 27.8 Å². The second kappa shape index (κ2) is 8.27. The molecule has 1 amide bonds. The molecule has 8 nitrogen and oxygen atoms in total. The van der Waals surface area contributed by atoms with Gasteiger partial charge in [-0.2, -0.15) is 15.3 Å². The lowest BCUT2D eigenvalue weighted by Gasteiger charge is -2.04. The number of aryl methyl sites for hydroxylation is 2. The number of rotatable bonds is 6. The lowest BCUT2D eigenvalue weighted by Crippen LogP contribution is -2.15. The Bertz CT molecular complexity index is 1200. The van der Waals surface area contributed by atoms with Gasteiger partial charge < -0.3 is 5.32 Å². The van der Waals surface area contributed by atoms with Gasteiger partial charge in [-0.1, -0.05) is 29.8 Å². The van der Waals surface area contributed by atoms with Gasteiger partial charge in [0.1, 0.15) is 6.67 Å². The van der Waals surface area contributed by atoms with E-state index in [9.17, 15) is 4.79 Å². The highest BCUT2D eigenvalue weighted by Crippen LogP contribution is 2.19. The number of hydrogen-bond donors (Lipinski definition) is 1. The van der Waals surface area contributed by atoms with E-state index in [0.717, 1.165) is 21.4 Å². The van der Waals surface area contributed by atoms with Gasteiger partial charge in [0.25, 0.3) is 5.91 Å². The van der Waals surface area contributed by atoms with Gasteiger partial charge in [0.05, 0.1) is 34.3 Å². The van der Waals surface area contributed by atoms with Crippen molar-refractivity contribution < 1.29 is 4.79 Å². The molecule has 0 unspecified atom stereocenters. The van der Waals surface area contributed by atoms with Crippen LogP contribution in [0.5, 0.6) is 0 Å². The molecule has 0 aliphatic carbocycles. The lowest BCUT2D eigenvalue weighted by molar-refractivity contribution is 0.102. The van der Waals surface area contributed by atoms with Crippen molar-refractivity contribution in [2.24, 2.45) is 0 Å². The molecule has 3 aromatic heterocycles. The predicted octanol–water partition coefficient (Wildman–Crippen LogP) is 3.77. The number of halogens is 1. The summed E-state index contributed by atoms with van der Waals surface area (Å²) in [6.45, 7) is 7.06. The molecule has 0 saturated carbocycles. The third-order valence-electron chi connectivity index (χ3n) is 4.76. The molecule has 0 saturated heterocycles. The standard InChI is InChI=1S/C21H22BrN7O/c1-14-5-4-6-17(9-14)11-28-12-18(10-23-28)24-21(30)19-7-8-27(26-19)13-29-16(3)20(22)15(2)25-29/h4-10,12H,11,13H2,1-3H3,(H,24,30). The van der Waals surface area contributed by atoms with Crippen molar-refractivity contribution >= 4 is 27.5 Å². The van der Waals surface area contributed by atoms with E-state index in [4.69, 9.17) is 0 Å². The summed E-state index contributed by atoms with van der Waals surface area (Å²) >= 11 is 3.52. The minimum Gasteiger partial charge on any atom is -0.318 e. The van der Waals surface area contributed by atoms with Crippen LogP contribution in [0.1, 0.15) is 33.0 Å². The Balaban J connectivity index is 1.40. The van der Waals surface area contributed by atoms with Gasteiger partial charge in [-0.15, -0.1) is 0 Å². The van der Waals surface area contributed by atoms with Gasteiger partial charge in [0, 0.05) is 12.4 Å². The smallest absolute Gasteiger partial charge is 0.276 e. The van der Waals surface area contributed by atoms with Crippen LogP contribution in [-0.4, -0.2) is 35.2 Å². The maximum Gasteiger partial charge on any atom is 0.276 e. The summed E-state index contributed by atoms with van der Waals surface area (Å²) in [5.41, 5.74) is 5.25. The second-order valence-corrected chi connectivity index (χ2v) is 8.03.